The second kappa shape index (κ2) is 14.1. The van der Waals surface area contributed by atoms with Gasteiger partial charge in [0, 0.05) is 6.04 Å². The molecule has 0 saturated carbocycles. The average Bonchev–Trinajstić information content (AvgIpc) is 2.72. The van der Waals surface area contributed by atoms with Gasteiger partial charge in [-0.05, 0) is 42.9 Å². The van der Waals surface area contributed by atoms with Gasteiger partial charge in [0.2, 0.25) is 10.0 Å². The highest BCUT2D eigenvalue weighted by molar-refractivity contribution is 7.89. The molecule has 0 aromatic heterocycles. The van der Waals surface area contributed by atoms with Crippen molar-refractivity contribution in [3.05, 3.63) is 23.8 Å². The van der Waals surface area contributed by atoms with E-state index in [2.05, 4.69) is 32.4 Å². The molecule has 0 spiro atoms. The van der Waals surface area contributed by atoms with Crippen LogP contribution in [0.5, 0.6) is 5.75 Å². The number of aliphatic hydroxyl groups is 1. The standard InChI is InChI=1S/C25H45NO4S/c1-6-8-10-11-12-14-18-30-23-16-15-22(25(4,5)17-13-9-7-2)19-24(23)31(28,29)26-21(3)20-27/h15-16,19,21,26-27H,6-14,17-18,20H2,1-5H3. The third-order valence-electron chi connectivity index (χ3n) is 5.81. The maximum absolute atomic E-state index is 13.1. The van der Waals surface area contributed by atoms with Crippen LogP contribution in [0.25, 0.3) is 0 Å². The molecule has 1 aromatic carbocycles. The first-order valence-corrected chi connectivity index (χ1v) is 13.6. The second-order valence-electron chi connectivity index (χ2n) is 9.32. The van der Waals surface area contributed by atoms with Crippen LogP contribution in [0.2, 0.25) is 0 Å². The molecule has 0 fully saturated rings. The monoisotopic (exact) mass is 455 g/mol. The highest BCUT2D eigenvalue weighted by Gasteiger charge is 2.27. The van der Waals surface area contributed by atoms with E-state index >= 15 is 0 Å². The van der Waals surface area contributed by atoms with E-state index in [1.54, 1.807) is 19.1 Å². The first-order valence-electron chi connectivity index (χ1n) is 12.1. The van der Waals surface area contributed by atoms with Gasteiger partial charge < -0.3 is 9.84 Å². The largest absolute Gasteiger partial charge is 0.492 e. The number of rotatable bonds is 17. The number of hydrogen-bond donors (Lipinski definition) is 2. The molecule has 0 aliphatic rings. The number of unbranched alkanes of at least 4 members (excludes halogenated alkanes) is 7. The van der Waals surface area contributed by atoms with E-state index in [1.807, 2.05) is 6.07 Å². The zero-order valence-electron chi connectivity index (χ0n) is 20.4. The Balaban J connectivity index is 3.02. The Morgan fingerprint density at radius 2 is 1.61 bits per heavy atom. The molecule has 1 rings (SSSR count). The van der Waals surface area contributed by atoms with E-state index < -0.39 is 16.1 Å². The molecule has 1 aromatic rings. The van der Waals surface area contributed by atoms with Crippen LogP contribution in [0, 0.1) is 0 Å². The molecule has 180 valence electrons. The molecule has 0 aliphatic heterocycles. The summed E-state index contributed by atoms with van der Waals surface area (Å²) >= 11 is 0. The third-order valence-corrected chi connectivity index (χ3v) is 7.42. The summed E-state index contributed by atoms with van der Waals surface area (Å²) in [4.78, 5) is 0.167. The first-order chi connectivity index (χ1) is 14.7. The van der Waals surface area contributed by atoms with Gasteiger partial charge in [0.15, 0.2) is 0 Å². The van der Waals surface area contributed by atoms with Gasteiger partial charge in [0.05, 0.1) is 13.2 Å². The number of hydrogen-bond acceptors (Lipinski definition) is 4. The average molecular weight is 456 g/mol. The molecule has 0 heterocycles. The third kappa shape index (κ3) is 9.92. The normalized spacial score (nSPS) is 13.4. The summed E-state index contributed by atoms with van der Waals surface area (Å²) in [6.07, 6.45) is 11.3. The van der Waals surface area contributed by atoms with E-state index in [0.717, 1.165) is 37.7 Å². The number of nitrogens with one attached hydrogen (secondary N) is 1. The van der Waals surface area contributed by atoms with Crippen LogP contribution in [-0.4, -0.2) is 32.8 Å². The van der Waals surface area contributed by atoms with E-state index in [4.69, 9.17) is 4.74 Å². The Bertz CT molecular complexity index is 731. The lowest BCUT2D eigenvalue weighted by molar-refractivity contribution is 0.264. The van der Waals surface area contributed by atoms with Crippen molar-refractivity contribution in [3.8, 4) is 5.75 Å². The molecule has 6 heteroatoms. The van der Waals surface area contributed by atoms with Crippen LogP contribution >= 0.6 is 0 Å². The summed E-state index contributed by atoms with van der Waals surface area (Å²) in [5, 5.41) is 9.32. The lowest BCUT2D eigenvalue weighted by Crippen LogP contribution is -2.35. The molecule has 31 heavy (non-hydrogen) atoms. The zero-order valence-corrected chi connectivity index (χ0v) is 21.2. The lowest BCUT2D eigenvalue weighted by Gasteiger charge is -2.27. The van der Waals surface area contributed by atoms with Crippen LogP contribution < -0.4 is 9.46 Å². The topological polar surface area (TPSA) is 75.6 Å². The van der Waals surface area contributed by atoms with Gasteiger partial charge in [-0.3, -0.25) is 0 Å². The van der Waals surface area contributed by atoms with Gasteiger partial charge >= 0.3 is 0 Å². The summed E-state index contributed by atoms with van der Waals surface area (Å²) < 4.78 is 34.6. The van der Waals surface area contributed by atoms with Gasteiger partial charge in [0.25, 0.3) is 0 Å². The van der Waals surface area contributed by atoms with E-state index in [-0.39, 0.29) is 16.9 Å². The Morgan fingerprint density at radius 1 is 1.00 bits per heavy atom. The highest BCUT2D eigenvalue weighted by atomic mass is 32.2. The Kier molecular flexibility index (Phi) is 12.7. The van der Waals surface area contributed by atoms with Crippen LogP contribution in [0.15, 0.2) is 23.1 Å². The second-order valence-corrected chi connectivity index (χ2v) is 11.0. The number of sulfonamides is 1. The molecular formula is C25H45NO4S. The molecule has 5 nitrogen and oxygen atoms in total. The SMILES string of the molecule is CCCCCCCCOc1ccc(C(C)(C)CCCCC)cc1S(=O)(=O)NC(C)CO. The Labute approximate surface area is 191 Å². The summed E-state index contributed by atoms with van der Waals surface area (Å²) in [5.41, 5.74) is 0.868. The van der Waals surface area contributed by atoms with Gasteiger partial charge in [-0.25, -0.2) is 13.1 Å². The minimum absolute atomic E-state index is 0.125. The number of benzene rings is 1. The summed E-state index contributed by atoms with van der Waals surface area (Å²) in [7, 11) is -3.80. The fourth-order valence-electron chi connectivity index (χ4n) is 3.65. The summed E-state index contributed by atoms with van der Waals surface area (Å²) in [6.45, 7) is 10.6. The highest BCUT2D eigenvalue weighted by Crippen LogP contribution is 2.34. The van der Waals surface area contributed by atoms with Crippen molar-refractivity contribution in [3.63, 3.8) is 0 Å². The summed E-state index contributed by atoms with van der Waals surface area (Å²) in [6, 6.07) is 5.00. The van der Waals surface area contributed by atoms with Crippen molar-refractivity contribution in [1.82, 2.24) is 4.72 Å². The van der Waals surface area contributed by atoms with Crippen LogP contribution in [0.3, 0.4) is 0 Å². The van der Waals surface area contributed by atoms with Crippen molar-refractivity contribution < 1.29 is 18.3 Å². The maximum Gasteiger partial charge on any atom is 0.244 e. The Morgan fingerprint density at radius 3 is 2.26 bits per heavy atom. The van der Waals surface area contributed by atoms with E-state index in [9.17, 15) is 13.5 Å². The van der Waals surface area contributed by atoms with Crippen molar-refractivity contribution in [1.29, 1.82) is 0 Å². The minimum Gasteiger partial charge on any atom is -0.492 e. The fraction of sp³-hybridized carbons (Fsp3) is 0.760. The number of aliphatic hydroxyl groups excluding tert-OH is 1. The van der Waals surface area contributed by atoms with Crippen molar-refractivity contribution in [2.75, 3.05) is 13.2 Å². The maximum atomic E-state index is 13.1. The van der Waals surface area contributed by atoms with Crippen LogP contribution in [0.4, 0.5) is 0 Å². The molecule has 2 N–H and O–H groups in total. The van der Waals surface area contributed by atoms with Gasteiger partial charge in [-0.1, -0.05) is 85.1 Å². The smallest absolute Gasteiger partial charge is 0.244 e. The first kappa shape index (κ1) is 27.9. The molecule has 0 amide bonds. The fourth-order valence-corrected chi connectivity index (χ4v) is 5.05. The molecule has 0 saturated heterocycles. The molecular weight excluding hydrogens is 410 g/mol. The molecule has 1 unspecified atom stereocenters. The quantitative estimate of drug-likeness (QED) is 0.285. The zero-order chi connectivity index (χ0) is 23.3. The van der Waals surface area contributed by atoms with Crippen molar-refractivity contribution >= 4 is 10.0 Å². The van der Waals surface area contributed by atoms with Gasteiger partial charge in [0.1, 0.15) is 10.6 Å². The Hall–Kier alpha value is -1.11. The lowest BCUT2D eigenvalue weighted by atomic mass is 9.80. The van der Waals surface area contributed by atoms with Crippen LogP contribution in [-0.2, 0) is 15.4 Å². The van der Waals surface area contributed by atoms with Crippen molar-refractivity contribution in [2.45, 2.75) is 115 Å². The van der Waals surface area contributed by atoms with Gasteiger partial charge in [-0.2, -0.15) is 0 Å². The molecule has 0 radical (unpaired) electrons. The van der Waals surface area contributed by atoms with Crippen molar-refractivity contribution in [2.24, 2.45) is 0 Å². The summed E-state index contributed by atoms with van der Waals surface area (Å²) in [5.74, 6) is 0.388. The minimum atomic E-state index is -3.80. The van der Waals surface area contributed by atoms with Crippen LogP contribution in [0.1, 0.15) is 104 Å². The number of ether oxygens (including phenoxy) is 1. The van der Waals surface area contributed by atoms with E-state index in [1.165, 1.54) is 32.1 Å². The van der Waals surface area contributed by atoms with Gasteiger partial charge in [-0.15, -0.1) is 0 Å². The van der Waals surface area contributed by atoms with E-state index in [0.29, 0.717) is 12.4 Å². The predicted octanol–water partition coefficient (Wildman–Crippen LogP) is 5.94. The predicted molar refractivity (Wildman–Crippen MR) is 129 cm³/mol. The molecule has 0 bridgehead atoms. The molecule has 0 aliphatic carbocycles. The molecule has 1 atom stereocenters.